The minimum absolute atomic E-state index is 0.0953. The fourth-order valence-corrected chi connectivity index (χ4v) is 3.83. The van der Waals surface area contributed by atoms with Crippen LogP contribution < -0.4 is 5.32 Å². The quantitative estimate of drug-likeness (QED) is 0.836. The van der Waals surface area contributed by atoms with Crippen molar-refractivity contribution >= 4 is 52.0 Å². The topological polar surface area (TPSA) is 49.4 Å². The summed E-state index contributed by atoms with van der Waals surface area (Å²) < 4.78 is 0. The summed E-state index contributed by atoms with van der Waals surface area (Å²) in [4.78, 5) is 27.7. The molecule has 0 bridgehead atoms. The SMILES string of the molecule is O=C(Nc1cccc(Cl)c1Cl)C1CCCCN1C(=O)c1cccs1. The third-order valence-electron chi connectivity index (χ3n) is 4.01. The van der Waals surface area contributed by atoms with Crippen LogP contribution in [-0.4, -0.2) is 29.3 Å². The Labute approximate surface area is 154 Å². The predicted octanol–water partition coefficient (Wildman–Crippen LogP) is 4.69. The van der Waals surface area contributed by atoms with Crippen molar-refractivity contribution in [1.29, 1.82) is 0 Å². The molecule has 4 nitrogen and oxygen atoms in total. The number of carbonyl (C=O) groups is 2. The van der Waals surface area contributed by atoms with E-state index in [2.05, 4.69) is 5.32 Å². The van der Waals surface area contributed by atoms with E-state index < -0.39 is 6.04 Å². The molecule has 1 aromatic carbocycles. The van der Waals surface area contributed by atoms with Crippen LogP contribution in [0.2, 0.25) is 10.0 Å². The van der Waals surface area contributed by atoms with E-state index in [0.717, 1.165) is 12.8 Å². The number of anilines is 1. The maximum atomic E-state index is 12.7. The maximum absolute atomic E-state index is 12.7. The fraction of sp³-hybridized carbons (Fsp3) is 0.294. The van der Waals surface area contributed by atoms with E-state index in [1.165, 1.54) is 11.3 Å². The van der Waals surface area contributed by atoms with Crippen LogP contribution in [-0.2, 0) is 4.79 Å². The molecule has 2 heterocycles. The van der Waals surface area contributed by atoms with Gasteiger partial charge in [-0.05, 0) is 42.8 Å². The van der Waals surface area contributed by atoms with Crippen LogP contribution in [0.25, 0.3) is 0 Å². The number of likely N-dealkylation sites (tertiary alicyclic amines) is 1. The minimum atomic E-state index is -0.497. The molecule has 1 saturated heterocycles. The smallest absolute Gasteiger partial charge is 0.264 e. The molecule has 0 saturated carbocycles. The number of thiophene rings is 1. The molecule has 0 spiro atoms. The van der Waals surface area contributed by atoms with Crippen LogP contribution in [0.4, 0.5) is 5.69 Å². The summed E-state index contributed by atoms with van der Waals surface area (Å²) >= 11 is 13.5. The van der Waals surface area contributed by atoms with Crippen LogP contribution in [0.3, 0.4) is 0 Å². The van der Waals surface area contributed by atoms with Gasteiger partial charge in [0.25, 0.3) is 5.91 Å². The average Bonchev–Trinajstić information content (AvgIpc) is 3.13. The minimum Gasteiger partial charge on any atom is -0.326 e. The Balaban J connectivity index is 1.78. The van der Waals surface area contributed by atoms with Gasteiger partial charge in [0.15, 0.2) is 0 Å². The van der Waals surface area contributed by atoms with Crippen molar-refractivity contribution in [3.63, 3.8) is 0 Å². The zero-order chi connectivity index (χ0) is 17.1. The van der Waals surface area contributed by atoms with Gasteiger partial charge in [-0.2, -0.15) is 0 Å². The molecular weight excluding hydrogens is 367 g/mol. The van der Waals surface area contributed by atoms with Crippen LogP contribution in [0, 0.1) is 0 Å². The Hall–Kier alpha value is -1.56. The molecular formula is C17H16Cl2N2O2S. The van der Waals surface area contributed by atoms with Crippen molar-refractivity contribution in [2.24, 2.45) is 0 Å². The number of rotatable bonds is 3. The first-order valence-corrected chi connectivity index (χ1v) is 9.31. The van der Waals surface area contributed by atoms with Gasteiger partial charge >= 0.3 is 0 Å². The number of benzene rings is 1. The molecule has 2 aromatic rings. The lowest BCUT2D eigenvalue weighted by Crippen LogP contribution is -2.49. The Morgan fingerprint density at radius 3 is 2.75 bits per heavy atom. The first-order chi connectivity index (χ1) is 11.6. The second-order valence-corrected chi connectivity index (χ2v) is 7.31. The van der Waals surface area contributed by atoms with Crippen LogP contribution in [0.15, 0.2) is 35.7 Å². The summed E-state index contributed by atoms with van der Waals surface area (Å²) in [6, 6.07) is 8.20. The van der Waals surface area contributed by atoms with Crippen LogP contribution in [0.5, 0.6) is 0 Å². The third-order valence-corrected chi connectivity index (χ3v) is 5.68. The van der Waals surface area contributed by atoms with Gasteiger partial charge in [0.1, 0.15) is 6.04 Å². The number of hydrogen-bond donors (Lipinski definition) is 1. The van der Waals surface area contributed by atoms with Crippen LogP contribution in [0.1, 0.15) is 28.9 Å². The summed E-state index contributed by atoms with van der Waals surface area (Å²) in [5.41, 5.74) is 0.461. The zero-order valence-electron chi connectivity index (χ0n) is 12.8. The molecule has 126 valence electrons. The second kappa shape index (κ2) is 7.55. The van der Waals surface area contributed by atoms with Gasteiger partial charge in [0.05, 0.1) is 20.6 Å². The molecule has 3 rings (SSSR count). The zero-order valence-corrected chi connectivity index (χ0v) is 15.1. The van der Waals surface area contributed by atoms with E-state index in [1.807, 2.05) is 11.4 Å². The molecule has 2 amide bonds. The molecule has 1 unspecified atom stereocenters. The Morgan fingerprint density at radius 1 is 1.17 bits per heavy atom. The van der Waals surface area contributed by atoms with E-state index in [9.17, 15) is 9.59 Å². The number of hydrogen-bond acceptors (Lipinski definition) is 3. The van der Waals surface area contributed by atoms with E-state index in [-0.39, 0.29) is 11.8 Å². The normalized spacial score (nSPS) is 17.6. The summed E-state index contributed by atoms with van der Waals surface area (Å²) in [7, 11) is 0. The van der Waals surface area contributed by atoms with Gasteiger partial charge < -0.3 is 10.2 Å². The second-order valence-electron chi connectivity index (χ2n) is 5.58. The molecule has 1 fully saturated rings. The van der Waals surface area contributed by atoms with E-state index >= 15 is 0 Å². The molecule has 7 heteroatoms. The fourth-order valence-electron chi connectivity index (χ4n) is 2.81. The van der Waals surface area contributed by atoms with Gasteiger partial charge in [-0.25, -0.2) is 0 Å². The van der Waals surface area contributed by atoms with E-state index in [0.29, 0.717) is 33.6 Å². The summed E-state index contributed by atoms with van der Waals surface area (Å²) in [5, 5.41) is 5.35. The summed E-state index contributed by atoms with van der Waals surface area (Å²) in [6.45, 7) is 0.581. The highest BCUT2D eigenvalue weighted by Crippen LogP contribution is 2.30. The summed E-state index contributed by atoms with van der Waals surface area (Å²) in [5.74, 6) is -0.328. The molecule has 1 aromatic heterocycles. The van der Waals surface area contributed by atoms with Gasteiger partial charge in [0.2, 0.25) is 5.91 Å². The lowest BCUT2D eigenvalue weighted by molar-refractivity contribution is -0.121. The van der Waals surface area contributed by atoms with Gasteiger partial charge in [-0.15, -0.1) is 11.3 Å². The van der Waals surface area contributed by atoms with Crippen molar-refractivity contribution in [3.8, 4) is 0 Å². The maximum Gasteiger partial charge on any atom is 0.264 e. The number of amides is 2. The summed E-state index contributed by atoms with van der Waals surface area (Å²) in [6.07, 6.45) is 2.45. The van der Waals surface area contributed by atoms with Crippen molar-refractivity contribution in [2.45, 2.75) is 25.3 Å². The number of halogens is 2. The van der Waals surface area contributed by atoms with Gasteiger partial charge in [0, 0.05) is 6.54 Å². The van der Waals surface area contributed by atoms with Crippen molar-refractivity contribution in [2.75, 3.05) is 11.9 Å². The lowest BCUT2D eigenvalue weighted by atomic mass is 10.0. The largest absolute Gasteiger partial charge is 0.326 e. The average molecular weight is 383 g/mol. The Kier molecular flexibility index (Phi) is 5.43. The number of nitrogens with one attached hydrogen (secondary N) is 1. The van der Waals surface area contributed by atoms with Gasteiger partial charge in [-0.3, -0.25) is 9.59 Å². The molecule has 1 atom stereocenters. The first-order valence-electron chi connectivity index (χ1n) is 7.67. The van der Waals surface area contributed by atoms with Crippen molar-refractivity contribution in [3.05, 3.63) is 50.6 Å². The van der Waals surface area contributed by atoms with Gasteiger partial charge in [-0.1, -0.05) is 35.3 Å². The molecule has 0 radical (unpaired) electrons. The van der Waals surface area contributed by atoms with E-state index in [4.69, 9.17) is 23.2 Å². The predicted molar refractivity (Wildman–Crippen MR) is 98.1 cm³/mol. The lowest BCUT2D eigenvalue weighted by Gasteiger charge is -2.34. The molecule has 24 heavy (non-hydrogen) atoms. The highest BCUT2D eigenvalue weighted by atomic mass is 35.5. The van der Waals surface area contributed by atoms with Crippen molar-refractivity contribution < 1.29 is 9.59 Å². The van der Waals surface area contributed by atoms with E-state index in [1.54, 1.807) is 29.2 Å². The Morgan fingerprint density at radius 2 is 2.00 bits per heavy atom. The number of nitrogens with zero attached hydrogens (tertiary/aromatic N) is 1. The monoisotopic (exact) mass is 382 g/mol. The third kappa shape index (κ3) is 3.58. The molecule has 1 aliphatic heterocycles. The molecule has 1 aliphatic rings. The first kappa shape index (κ1) is 17.3. The standard InChI is InChI=1S/C17H16Cl2N2O2S/c18-11-5-3-6-12(15(11)19)20-16(22)13-7-1-2-9-21(13)17(23)14-8-4-10-24-14/h3-6,8,10,13H,1-2,7,9H2,(H,20,22). The molecule has 0 aliphatic carbocycles. The van der Waals surface area contributed by atoms with Crippen molar-refractivity contribution in [1.82, 2.24) is 4.90 Å². The molecule has 1 N–H and O–H groups in total. The highest BCUT2D eigenvalue weighted by molar-refractivity contribution is 7.12. The number of carbonyl (C=O) groups excluding carboxylic acids is 2. The number of piperidine rings is 1. The highest BCUT2D eigenvalue weighted by Gasteiger charge is 2.33. The Bertz CT molecular complexity index is 749. The van der Waals surface area contributed by atoms with Crippen LogP contribution >= 0.6 is 34.5 Å².